The van der Waals surface area contributed by atoms with Crippen molar-refractivity contribution in [3.05, 3.63) is 41.4 Å². The van der Waals surface area contributed by atoms with Gasteiger partial charge >= 0.3 is 5.97 Å². The van der Waals surface area contributed by atoms with Crippen molar-refractivity contribution in [2.24, 2.45) is 0 Å². The quantitative estimate of drug-likeness (QED) is 0.838. The fourth-order valence-corrected chi connectivity index (χ4v) is 2.30. The summed E-state index contributed by atoms with van der Waals surface area (Å²) >= 11 is 0. The number of hydrogen-bond donors (Lipinski definition) is 1. The number of anilines is 1. The molecule has 0 unspecified atom stereocenters. The molecule has 3 rings (SSSR count). The molecule has 1 atom stereocenters. The lowest BCUT2D eigenvalue weighted by molar-refractivity contribution is -0.139. The number of allylic oxidation sites excluding steroid dienone is 1. The number of tetrazole rings is 1. The third kappa shape index (κ3) is 2.24. The Morgan fingerprint density at radius 3 is 3.05 bits per heavy atom. The number of esters is 1. The maximum Gasteiger partial charge on any atom is 0.338 e. The SMILES string of the molecule is CCOC(=O)C1=C(C)Nc2nnnn2[C@H]1c1ccccn1. The predicted octanol–water partition coefficient (Wildman–Crippen LogP) is 0.920. The molecule has 2 aromatic rings. The monoisotopic (exact) mass is 286 g/mol. The van der Waals surface area contributed by atoms with Gasteiger partial charge in [0.2, 0.25) is 5.95 Å². The lowest BCUT2D eigenvalue weighted by Gasteiger charge is -2.26. The molecule has 1 N–H and O–H groups in total. The number of carbonyl (C=O) groups is 1. The van der Waals surface area contributed by atoms with Crippen molar-refractivity contribution < 1.29 is 9.53 Å². The summed E-state index contributed by atoms with van der Waals surface area (Å²) in [5.74, 6) is 0.0653. The predicted molar refractivity (Wildman–Crippen MR) is 73.1 cm³/mol. The normalized spacial score (nSPS) is 17.1. The van der Waals surface area contributed by atoms with E-state index in [1.807, 2.05) is 18.2 Å². The molecule has 21 heavy (non-hydrogen) atoms. The van der Waals surface area contributed by atoms with E-state index < -0.39 is 12.0 Å². The number of carbonyl (C=O) groups excluding carboxylic acids is 1. The zero-order valence-electron chi connectivity index (χ0n) is 11.6. The third-order valence-electron chi connectivity index (χ3n) is 3.18. The lowest BCUT2D eigenvalue weighted by Crippen LogP contribution is -2.30. The van der Waals surface area contributed by atoms with Crippen LogP contribution in [0.5, 0.6) is 0 Å². The summed E-state index contributed by atoms with van der Waals surface area (Å²) in [6.07, 6.45) is 1.67. The second-order valence-corrected chi connectivity index (χ2v) is 4.49. The zero-order valence-corrected chi connectivity index (χ0v) is 11.6. The summed E-state index contributed by atoms with van der Waals surface area (Å²) in [4.78, 5) is 16.6. The minimum absolute atomic E-state index is 0.299. The molecule has 0 saturated carbocycles. The maximum atomic E-state index is 12.3. The van der Waals surface area contributed by atoms with Gasteiger partial charge in [0, 0.05) is 11.9 Å². The average molecular weight is 286 g/mol. The molecular weight excluding hydrogens is 272 g/mol. The molecule has 8 nitrogen and oxygen atoms in total. The highest BCUT2D eigenvalue weighted by Gasteiger charge is 2.35. The summed E-state index contributed by atoms with van der Waals surface area (Å²) in [6.45, 7) is 3.86. The number of aromatic nitrogens is 5. The Morgan fingerprint density at radius 2 is 2.33 bits per heavy atom. The highest BCUT2D eigenvalue weighted by Crippen LogP contribution is 2.33. The molecule has 2 aromatic heterocycles. The van der Waals surface area contributed by atoms with E-state index >= 15 is 0 Å². The summed E-state index contributed by atoms with van der Waals surface area (Å²) in [5, 5.41) is 14.5. The molecule has 0 aliphatic carbocycles. The molecule has 0 amide bonds. The van der Waals surface area contributed by atoms with Gasteiger partial charge in [0.25, 0.3) is 0 Å². The van der Waals surface area contributed by atoms with Crippen LogP contribution in [0.25, 0.3) is 0 Å². The second kappa shape index (κ2) is 5.31. The van der Waals surface area contributed by atoms with Gasteiger partial charge in [-0.3, -0.25) is 4.98 Å². The van der Waals surface area contributed by atoms with Crippen LogP contribution in [0.3, 0.4) is 0 Å². The van der Waals surface area contributed by atoms with Crippen molar-refractivity contribution in [1.82, 2.24) is 25.2 Å². The van der Waals surface area contributed by atoms with E-state index in [0.29, 0.717) is 29.5 Å². The van der Waals surface area contributed by atoms with Crippen molar-refractivity contribution >= 4 is 11.9 Å². The van der Waals surface area contributed by atoms with E-state index in [4.69, 9.17) is 4.74 Å². The minimum atomic E-state index is -0.503. The van der Waals surface area contributed by atoms with Gasteiger partial charge in [0.1, 0.15) is 6.04 Å². The first-order valence-corrected chi connectivity index (χ1v) is 6.56. The first kappa shape index (κ1) is 13.2. The van der Waals surface area contributed by atoms with Gasteiger partial charge in [-0.2, -0.15) is 4.68 Å². The second-order valence-electron chi connectivity index (χ2n) is 4.49. The molecule has 0 radical (unpaired) electrons. The van der Waals surface area contributed by atoms with Crippen LogP contribution in [0.15, 0.2) is 35.7 Å². The summed E-state index contributed by atoms with van der Waals surface area (Å²) in [5.41, 5.74) is 1.79. The number of nitrogens with one attached hydrogen (secondary N) is 1. The van der Waals surface area contributed by atoms with Crippen LogP contribution in [0.1, 0.15) is 25.6 Å². The van der Waals surface area contributed by atoms with Crippen LogP contribution in [0, 0.1) is 0 Å². The maximum absolute atomic E-state index is 12.3. The molecular formula is C13H14N6O2. The minimum Gasteiger partial charge on any atom is -0.463 e. The van der Waals surface area contributed by atoms with Gasteiger partial charge in [0.05, 0.1) is 17.9 Å². The molecule has 0 saturated heterocycles. The number of pyridine rings is 1. The van der Waals surface area contributed by atoms with Crippen molar-refractivity contribution in [3.63, 3.8) is 0 Å². The summed E-state index contributed by atoms with van der Waals surface area (Å²) in [6, 6.07) is 4.99. The van der Waals surface area contributed by atoms with Crippen LogP contribution >= 0.6 is 0 Å². The van der Waals surface area contributed by atoms with E-state index in [1.165, 1.54) is 4.68 Å². The Hall–Kier alpha value is -2.77. The molecule has 1 aliphatic heterocycles. The Balaban J connectivity index is 2.13. The number of fused-ring (bicyclic) bond motifs is 1. The lowest BCUT2D eigenvalue weighted by atomic mass is 10.00. The van der Waals surface area contributed by atoms with Crippen LogP contribution in [0.2, 0.25) is 0 Å². The van der Waals surface area contributed by atoms with Gasteiger partial charge in [-0.15, -0.1) is 0 Å². The van der Waals surface area contributed by atoms with Gasteiger partial charge in [0.15, 0.2) is 0 Å². The van der Waals surface area contributed by atoms with E-state index in [-0.39, 0.29) is 0 Å². The highest BCUT2D eigenvalue weighted by molar-refractivity contribution is 5.92. The Bertz CT molecular complexity index is 694. The van der Waals surface area contributed by atoms with Crippen molar-refractivity contribution in [3.8, 4) is 0 Å². The highest BCUT2D eigenvalue weighted by atomic mass is 16.5. The molecule has 108 valence electrons. The molecule has 0 bridgehead atoms. The van der Waals surface area contributed by atoms with E-state index in [2.05, 4.69) is 25.8 Å². The number of hydrogen-bond acceptors (Lipinski definition) is 7. The largest absolute Gasteiger partial charge is 0.463 e. The third-order valence-corrected chi connectivity index (χ3v) is 3.18. The van der Waals surface area contributed by atoms with Crippen molar-refractivity contribution in [1.29, 1.82) is 0 Å². The van der Waals surface area contributed by atoms with Crippen molar-refractivity contribution in [2.45, 2.75) is 19.9 Å². The summed E-state index contributed by atoms with van der Waals surface area (Å²) in [7, 11) is 0. The first-order valence-electron chi connectivity index (χ1n) is 6.56. The Morgan fingerprint density at radius 1 is 1.48 bits per heavy atom. The fraction of sp³-hybridized carbons (Fsp3) is 0.308. The van der Waals surface area contributed by atoms with Gasteiger partial charge in [-0.05, 0) is 36.4 Å². The smallest absolute Gasteiger partial charge is 0.338 e. The molecule has 0 fully saturated rings. The number of ether oxygens (including phenoxy) is 1. The fourth-order valence-electron chi connectivity index (χ4n) is 2.30. The van der Waals surface area contributed by atoms with E-state index in [0.717, 1.165) is 0 Å². The van der Waals surface area contributed by atoms with Gasteiger partial charge in [-0.25, -0.2) is 4.79 Å². The zero-order chi connectivity index (χ0) is 14.8. The Kier molecular flexibility index (Phi) is 3.35. The Labute approximate surface area is 120 Å². The van der Waals surface area contributed by atoms with Crippen LogP contribution in [0.4, 0.5) is 5.95 Å². The standard InChI is InChI=1S/C13H14N6O2/c1-3-21-12(20)10-8(2)15-13-16-17-18-19(13)11(10)9-6-4-5-7-14-9/h4-7,11H,3H2,1-2H3,(H,15,16,18)/t11-/m0/s1. The molecule has 3 heterocycles. The van der Waals surface area contributed by atoms with E-state index in [1.54, 1.807) is 20.0 Å². The van der Waals surface area contributed by atoms with Gasteiger partial charge < -0.3 is 10.1 Å². The van der Waals surface area contributed by atoms with Crippen LogP contribution in [-0.2, 0) is 9.53 Å². The van der Waals surface area contributed by atoms with Crippen LogP contribution < -0.4 is 5.32 Å². The van der Waals surface area contributed by atoms with Crippen LogP contribution in [-0.4, -0.2) is 37.8 Å². The molecule has 0 aromatic carbocycles. The van der Waals surface area contributed by atoms with Gasteiger partial charge in [-0.1, -0.05) is 11.2 Å². The molecule has 8 heteroatoms. The summed E-state index contributed by atoms with van der Waals surface area (Å²) < 4.78 is 6.68. The number of nitrogens with zero attached hydrogens (tertiary/aromatic N) is 5. The van der Waals surface area contributed by atoms with Crippen molar-refractivity contribution in [2.75, 3.05) is 11.9 Å². The number of rotatable bonds is 3. The van der Waals surface area contributed by atoms with E-state index in [9.17, 15) is 4.79 Å². The molecule has 0 spiro atoms. The average Bonchev–Trinajstić information content (AvgIpc) is 2.94. The first-order chi connectivity index (χ1) is 10.2. The molecule has 1 aliphatic rings. The topological polar surface area (TPSA) is 94.8 Å².